The quantitative estimate of drug-likeness (QED) is 0.508. The Balaban J connectivity index is 1.92. The monoisotopic (exact) mass is 436 g/mol. The first-order valence-electron chi connectivity index (χ1n) is 7.78. The molecule has 0 aliphatic carbocycles. The lowest BCUT2D eigenvalue weighted by Crippen LogP contribution is -2.39. The van der Waals surface area contributed by atoms with Crippen molar-refractivity contribution in [2.75, 3.05) is 11.6 Å². The van der Waals surface area contributed by atoms with Gasteiger partial charge in [-0.15, -0.1) is 0 Å². The van der Waals surface area contributed by atoms with Crippen molar-refractivity contribution >= 4 is 56.2 Å². The number of rotatable bonds is 4. The number of amides is 1. The van der Waals surface area contributed by atoms with E-state index < -0.39 is 0 Å². The highest BCUT2D eigenvalue weighted by molar-refractivity contribution is 9.10. The molecule has 130 valence electrons. The molecule has 4 nitrogen and oxygen atoms in total. The van der Waals surface area contributed by atoms with Crippen molar-refractivity contribution in [2.45, 2.75) is 20.8 Å². The Bertz CT molecular complexity index is 870. The first-order chi connectivity index (χ1) is 11.9. The molecule has 1 aromatic carbocycles. The number of nitrogens with zero attached hydrogens (tertiary/aromatic N) is 2. The van der Waals surface area contributed by atoms with Gasteiger partial charge in [-0.3, -0.25) is 9.47 Å². The van der Waals surface area contributed by atoms with Crippen LogP contribution in [0.25, 0.3) is 6.08 Å². The highest BCUT2D eigenvalue weighted by atomic mass is 79.9. The summed E-state index contributed by atoms with van der Waals surface area (Å²) in [5.74, 6) is 0.674. The molecular formula is C18H17BrN2O2S2. The summed E-state index contributed by atoms with van der Waals surface area (Å²) in [6.07, 6.45) is 1.86. The lowest BCUT2D eigenvalue weighted by molar-refractivity contribution is -0.114. The van der Waals surface area contributed by atoms with E-state index in [1.165, 1.54) is 11.8 Å². The van der Waals surface area contributed by atoms with E-state index in [9.17, 15) is 4.79 Å². The Kier molecular flexibility index (Phi) is 5.36. The predicted molar refractivity (Wildman–Crippen MR) is 111 cm³/mol. The van der Waals surface area contributed by atoms with Gasteiger partial charge in [-0.2, -0.15) is 5.01 Å². The molecule has 0 radical (unpaired) electrons. The summed E-state index contributed by atoms with van der Waals surface area (Å²) < 4.78 is 8.76. The highest BCUT2D eigenvalue weighted by Gasteiger charge is 2.34. The summed E-state index contributed by atoms with van der Waals surface area (Å²) in [6.45, 7) is 6.46. The first-order valence-corrected chi connectivity index (χ1v) is 9.79. The smallest absolute Gasteiger partial charge is 0.285 e. The van der Waals surface area contributed by atoms with Gasteiger partial charge in [0.15, 0.2) is 4.32 Å². The summed E-state index contributed by atoms with van der Waals surface area (Å²) >= 11 is 10.3. The topological polar surface area (TPSA) is 34.5 Å². The Hall–Kier alpha value is -1.57. The number of benzene rings is 1. The third kappa shape index (κ3) is 3.54. The summed E-state index contributed by atoms with van der Waals surface area (Å²) in [5.41, 5.74) is 2.86. The largest absolute Gasteiger partial charge is 0.493 e. The Morgan fingerprint density at radius 2 is 1.92 bits per heavy atom. The number of thiocarbonyl (C=S) groups is 1. The van der Waals surface area contributed by atoms with E-state index in [4.69, 9.17) is 17.0 Å². The van der Waals surface area contributed by atoms with Crippen LogP contribution in [0.1, 0.15) is 23.9 Å². The van der Waals surface area contributed by atoms with Crippen LogP contribution in [0.3, 0.4) is 0 Å². The van der Waals surface area contributed by atoms with Crippen LogP contribution in [0, 0.1) is 13.8 Å². The van der Waals surface area contributed by atoms with E-state index in [0.717, 1.165) is 27.2 Å². The number of thioether (sulfide) groups is 1. The van der Waals surface area contributed by atoms with Crippen molar-refractivity contribution in [3.05, 3.63) is 56.7 Å². The lowest BCUT2D eigenvalue weighted by Gasteiger charge is -2.20. The summed E-state index contributed by atoms with van der Waals surface area (Å²) in [5, 5.41) is 1.56. The fourth-order valence-electron chi connectivity index (χ4n) is 2.64. The van der Waals surface area contributed by atoms with Gasteiger partial charge in [-0.25, -0.2) is 0 Å². The normalized spacial score (nSPS) is 16.2. The molecule has 0 spiro atoms. The van der Waals surface area contributed by atoms with Gasteiger partial charge in [-0.05, 0) is 84.8 Å². The summed E-state index contributed by atoms with van der Waals surface area (Å²) in [4.78, 5) is 13.5. The van der Waals surface area contributed by atoms with E-state index >= 15 is 0 Å². The minimum atomic E-state index is -0.109. The van der Waals surface area contributed by atoms with Crippen molar-refractivity contribution in [2.24, 2.45) is 0 Å². The molecule has 1 saturated heterocycles. The average Bonchev–Trinajstić information content (AvgIpc) is 3.02. The van der Waals surface area contributed by atoms with E-state index in [2.05, 4.69) is 15.9 Å². The second-order valence-electron chi connectivity index (χ2n) is 5.54. The van der Waals surface area contributed by atoms with Crippen LogP contribution < -0.4 is 9.75 Å². The number of ether oxygens (including phenoxy) is 1. The molecule has 0 atom stereocenters. The van der Waals surface area contributed by atoms with Crippen molar-refractivity contribution in [1.82, 2.24) is 4.68 Å². The summed E-state index contributed by atoms with van der Waals surface area (Å²) in [6, 6.07) is 9.70. The Morgan fingerprint density at radius 3 is 2.52 bits per heavy atom. The van der Waals surface area contributed by atoms with E-state index in [-0.39, 0.29) is 5.91 Å². The molecule has 7 heteroatoms. The predicted octanol–water partition coefficient (Wildman–Crippen LogP) is 4.80. The van der Waals surface area contributed by atoms with Gasteiger partial charge in [0.25, 0.3) is 5.91 Å². The van der Waals surface area contributed by atoms with Gasteiger partial charge in [0.05, 0.1) is 16.0 Å². The molecule has 1 amide bonds. The molecule has 2 aromatic rings. The van der Waals surface area contributed by atoms with Gasteiger partial charge in [-0.1, -0.05) is 17.8 Å². The van der Waals surface area contributed by atoms with Gasteiger partial charge >= 0.3 is 0 Å². The number of hydrogen-bond donors (Lipinski definition) is 0. The number of aromatic nitrogens is 1. The Labute approximate surface area is 164 Å². The van der Waals surface area contributed by atoms with Gasteiger partial charge in [0.2, 0.25) is 0 Å². The minimum Gasteiger partial charge on any atom is -0.493 e. The van der Waals surface area contributed by atoms with Gasteiger partial charge in [0, 0.05) is 11.4 Å². The maximum absolute atomic E-state index is 12.9. The molecule has 0 bridgehead atoms. The molecular weight excluding hydrogens is 420 g/mol. The van der Waals surface area contributed by atoms with E-state index in [1.54, 1.807) is 5.01 Å². The van der Waals surface area contributed by atoms with Crippen molar-refractivity contribution in [3.8, 4) is 5.75 Å². The van der Waals surface area contributed by atoms with Crippen LogP contribution in [-0.2, 0) is 4.79 Å². The average molecular weight is 437 g/mol. The van der Waals surface area contributed by atoms with Crippen LogP contribution in [0.2, 0.25) is 0 Å². The third-order valence-electron chi connectivity index (χ3n) is 3.76. The zero-order valence-electron chi connectivity index (χ0n) is 14.1. The summed E-state index contributed by atoms with van der Waals surface area (Å²) in [7, 11) is 0. The van der Waals surface area contributed by atoms with Crippen molar-refractivity contribution in [1.29, 1.82) is 0 Å². The molecule has 2 heterocycles. The number of halogens is 1. The zero-order valence-corrected chi connectivity index (χ0v) is 17.3. The molecule has 1 aliphatic rings. The van der Waals surface area contributed by atoms with Crippen LogP contribution in [0.4, 0.5) is 0 Å². The second-order valence-corrected chi connectivity index (χ2v) is 8.07. The minimum absolute atomic E-state index is 0.109. The fourth-order valence-corrected chi connectivity index (χ4v) is 4.39. The van der Waals surface area contributed by atoms with E-state index in [1.807, 2.05) is 61.9 Å². The maximum Gasteiger partial charge on any atom is 0.285 e. The first kappa shape index (κ1) is 18.2. The van der Waals surface area contributed by atoms with E-state index in [0.29, 0.717) is 15.8 Å². The van der Waals surface area contributed by atoms with Crippen molar-refractivity contribution in [3.63, 3.8) is 0 Å². The lowest BCUT2D eigenvalue weighted by atomic mass is 10.2. The Morgan fingerprint density at radius 1 is 1.24 bits per heavy atom. The SMILES string of the molecule is CCOc1ccc(/C=C2\SC(=S)N(n3c(C)ccc3C)C2=O)cc1Br. The van der Waals surface area contributed by atoms with Gasteiger partial charge < -0.3 is 4.74 Å². The molecule has 0 unspecified atom stereocenters. The molecule has 3 rings (SSSR count). The van der Waals surface area contributed by atoms with Crippen LogP contribution in [0.5, 0.6) is 5.75 Å². The molecule has 0 N–H and O–H groups in total. The molecule has 1 fully saturated rings. The highest BCUT2D eigenvalue weighted by Crippen LogP contribution is 2.34. The van der Waals surface area contributed by atoms with Crippen LogP contribution in [0.15, 0.2) is 39.7 Å². The number of carbonyl (C=O) groups excluding carboxylic acids is 1. The second kappa shape index (κ2) is 7.35. The third-order valence-corrected chi connectivity index (χ3v) is 5.66. The molecule has 0 saturated carbocycles. The number of carbonyl (C=O) groups is 1. The standard InChI is InChI=1S/C18H17BrN2O2S2/c1-4-23-15-8-7-13(9-14(15)19)10-16-17(22)21(18(24)25-16)20-11(2)5-6-12(20)3/h5-10H,4H2,1-3H3/b16-10-. The fraction of sp³-hybridized carbons (Fsp3) is 0.222. The zero-order chi connectivity index (χ0) is 18.1. The van der Waals surface area contributed by atoms with Crippen LogP contribution >= 0.6 is 39.9 Å². The van der Waals surface area contributed by atoms with Gasteiger partial charge in [0.1, 0.15) is 5.75 Å². The maximum atomic E-state index is 12.9. The van der Waals surface area contributed by atoms with Crippen molar-refractivity contribution < 1.29 is 9.53 Å². The number of aryl methyl sites for hydroxylation is 2. The molecule has 1 aromatic heterocycles. The molecule has 1 aliphatic heterocycles. The number of hydrogen-bond acceptors (Lipinski definition) is 4. The molecule has 25 heavy (non-hydrogen) atoms. The van der Waals surface area contributed by atoms with Crippen LogP contribution in [-0.4, -0.2) is 21.5 Å².